The predicted molar refractivity (Wildman–Crippen MR) is 177 cm³/mol. The van der Waals surface area contributed by atoms with Crippen LogP contribution in [0.2, 0.25) is 23.3 Å². The second-order valence-electron chi connectivity index (χ2n) is 14.1. The van der Waals surface area contributed by atoms with E-state index in [0.717, 1.165) is 10.6 Å². The molecule has 11 nitrogen and oxygen atoms in total. The van der Waals surface area contributed by atoms with Crippen LogP contribution in [-0.2, 0) is 10.8 Å². The molecule has 0 spiro atoms. The van der Waals surface area contributed by atoms with Gasteiger partial charge in [0.1, 0.15) is 12.1 Å². The highest BCUT2D eigenvalue weighted by atomic mass is 35.5. The molecule has 3 aromatic rings. The van der Waals surface area contributed by atoms with Gasteiger partial charge in [0.2, 0.25) is 0 Å². The summed E-state index contributed by atoms with van der Waals surface area (Å²) in [5.74, 6) is -4.22. The van der Waals surface area contributed by atoms with Gasteiger partial charge in [-0.3, -0.25) is 0 Å². The normalized spacial score (nSPS) is 18.0. The average Bonchev–Trinajstić information content (AvgIpc) is 2.96. The summed E-state index contributed by atoms with van der Waals surface area (Å²) < 4.78 is 52.6. The molecule has 1 N–H and O–H groups in total. The monoisotopic (exact) mass is 697 g/mol. The van der Waals surface area contributed by atoms with Gasteiger partial charge in [0.15, 0.2) is 24.9 Å². The maximum absolute atomic E-state index is 15.3. The Hall–Kier alpha value is -3.30. The zero-order chi connectivity index (χ0) is 35.2. The summed E-state index contributed by atoms with van der Waals surface area (Å²) in [7, 11) is -2.44. The Labute approximate surface area is 278 Å². The number of amides is 1. The number of alkyl halides is 2. The van der Waals surface area contributed by atoms with Crippen LogP contribution < -0.4 is 10.6 Å². The number of nitrogens with zero attached hydrogens (tertiary/aromatic N) is 7. The lowest BCUT2D eigenvalue weighted by Crippen LogP contribution is -2.58. The molecule has 2 atom stereocenters. The summed E-state index contributed by atoms with van der Waals surface area (Å²) in [6.45, 7) is 16.4. The predicted octanol–water partition coefficient (Wildman–Crippen LogP) is 6.65. The fourth-order valence-electron chi connectivity index (χ4n) is 5.35. The summed E-state index contributed by atoms with van der Waals surface area (Å²) in [6, 6.07) is 0.232. The molecule has 1 aliphatic heterocycles. The number of hydrogen-bond acceptors (Lipinski definition) is 8. The lowest BCUT2D eigenvalue weighted by atomic mass is 10.0. The molecule has 1 saturated heterocycles. The number of aryl methyl sites for hydroxylation is 1. The SMILES string of the molecule is CC(C)c1ncnc(CCC(F)(F)CO[Si](C)(C)C(C)(C)C)c1-n1c(=O)nc(N2C[C@@H](C)N(C(=O)O)C[C@@H]2C)c2cc(F)c(Cl)nc21. The van der Waals surface area contributed by atoms with Crippen molar-refractivity contribution in [2.24, 2.45) is 0 Å². The third-order valence-electron chi connectivity index (χ3n) is 9.14. The van der Waals surface area contributed by atoms with Crippen LogP contribution in [-0.4, -0.2) is 86.6 Å². The zero-order valence-electron chi connectivity index (χ0n) is 28.2. The number of rotatable bonds is 9. The molecule has 0 bridgehead atoms. The van der Waals surface area contributed by atoms with Gasteiger partial charge in [0, 0.05) is 31.6 Å². The van der Waals surface area contributed by atoms with Crippen LogP contribution in [0.15, 0.2) is 17.2 Å². The molecular weight excluding hydrogens is 655 g/mol. The van der Waals surface area contributed by atoms with Crippen molar-refractivity contribution in [3.8, 4) is 5.69 Å². The third-order valence-corrected chi connectivity index (χ3v) is 13.9. The van der Waals surface area contributed by atoms with E-state index in [4.69, 9.17) is 16.0 Å². The smallest absolute Gasteiger partial charge is 0.407 e. The molecule has 4 heterocycles. The number of halogens is 4. The van der Waals surface area contributed by atoms with Crippen molar-refractivity contribution in [2.75, 3.05) is 24.6 Å². The van der Waals surface area contributed by atoms with Crippen molar-refractivity contribution in [1.29, 1.82) is 0 Å². The number of anilines is 1. The number of carboxylic acid groups (broad SMARTS) is 1. The summed E-state index contributed by atoms with van der Waals surface area (Å²) in [5.41, 5.74) is -0.210. The van der Waals surface area contributed by atoms with Crippen molar-refractivity contribution in [2.45, 2.75) is 103 Å². The van der Waals surface area contributed by atoms with E-state index in [1.54, 1.807) is 18.7 Å². The molecule has 1 aliphatic rings. The largest absolute Gasteiger partial charge is 0.465 e. The van der Waals surface area contributed by atoms with E-state index >= 15 is 13.2 Å². The Bertz CT molecular complexity index is 1720. The molecule has 3 aromatic heterocycles. The van der Waals surface area contributed by atoms with E-state index in [0.29, 0.717) is 5.69 Å². The van der Waals surface area contributed by atoms with E-state index in [9.17, 15) is 14.7 Å². The van der Waals surface area contributed by atoms with Crippen molar-refractivity contribution in [3.05, 3.63) is 45.2 Å². The van der Waals surface area contributed by atoms with E-state index in [2.05, 4.69) is 19.9 Å². The summed E-state index contributed by atoms with van der Waals surface area (Å²) >= 11 is 6.16. The third kappa shape index (κ3) is 7.56. The van der Waals surface area contributed by atoms with Crippen LogP contribution in [0.25, 0.3) is 16.7 Å². The maximum Gasteiger partial charge on any atom is 0.407 e. The van der Waals surface area contributed by atoms with E-state index in [-0.39, 0.29) is 58.7 Å². The molecule has 0 aliphatic carbocycles. The number of aromatic nitrogens is 5. The quantitative estimate of drug-likeness (QED) is 0.193. The second kappa shape index (κ2) is 13.3. The van der Waals surface area contributed by atoms with Gasteiger partial charge in [-0.05, 0) is 50.4 Å². The average molecular weight is 698 g/mol. The van der Waals surface area contributed by atoms with Gasteiger partial charge < -0.3 is 19.3 Å². The van der Waals surface area contributed by atoms with Crippen molar-refractivity contribution < 1.29 is 27.5 Å². The Morgan fingerprint density at radius 1 is 1.15 bits per heavy atom. The van der Waals surface area contributed by atoms with Crippen LogP contribution in [0, 0.1) is 5.82 Å². The van der Waals surface area contributed by atoms with Crippen molar-refractivity contribution >= 4 is 42.9 Å². The van der Waals surface area contributed by atoms with Crippen LogP contribution >= 0.6 is 11.6 Å². The first kappa shape index (κ1) is 36.5. The molecule has 4 rings (SSSR count). The molecule has 258 valence electrons. The molecule has 1 amide bonds. The molecule has 1 fully saturated rings. The lowest BCUT2D eigenvalue weighted by Gasteiger charge is -2.43. The van der Waals surface area contributed by atoms with E-state index in [1.807, 2.05) is 47.7 Å². The summed E-state index contributed by atoms with van der Waals surface area (Å²) in [5, 5.41) is 9.00. The van der Waals surface area contributed by atoms with Gasteiger partial charge in [0.25, 0.3) is 5.92 Å². The first-order valence-electron chi connectivity index (χ1n) is 15.6. The topological polar surface area (TPSA) is 127 Å². The van der Waals surface area contributed by atoms with Crippen LogP contribution in [0.5, 0.6) is 0 Å². The minimum Gasteiger partial charge on any atom is -0.465 e. The number of carbonyl (C=O) groups is 1. The molecule has 0 unspecified atom stereocenters. The van der Waals surface area contributed by atoms with Gasteiger partial charge in [-0.2, -0.15) is 4.98 Å². The molecule has 0 saturated carbocycles. The molecule has 0 radical (unpaired) electrons. The fourth-order valence-corrected chi connectivity index (χ4v) is 6.49. The summed E-state index contributed by atoms with van der Waals surface area (Å²) in [6.07, 6.45) is -0.667. The summed E-state index contributed by atoms with van der Waals surface area (Å²) in [4.78, 5) is 46.1. The minimum atomic E-state index is -3.19. The van der Waals surface area contributed by atoms with Crippen LogP contribution in [0.1, 0.15) is 72.2 Å². The maximum atomic E-state index is 15.3. The standard InChI is InChI=1S/C31H43ClF3N7O4Si/c1-17(2)23-24(22(36-16-37-23)10-11-31(34,35)15-46-47(8,9)30(5,6)7)42-27-20(12-21(33)25(32)38-27)26(39-28(42)43)40-13-19(4)41(29(44)45)14-18(40)3/h12,16-19H,10-11,13-15H2,1-9H3,(H,44,45)/t18-,19+/m0/s1. The molecular formula is C31H43ClF3N7O4Si. The zero-order valence-corrected chi connectivity index (χ0v) is 30.0. The van der Waals surface area contributed by atoms with Gasteiger partial charge in [0.05, 0.1) is 29.1 Å². The van der Waals surface area contributed by atoms with E-state index in [1.165, 1.54) is 11.2 Å². The highest BCUT2D eigenvalue weighted by molar-refractivity contribution is 6.74. The number of pyridine rings is 1. The first-order valence-corrected chi connectivity index (χ1v) is 18.8. The molecule has 0 aromatic carbocycles. The number of piperazine rings is 1. The lowest BCUT2D eigenvalue weighted by molar-refractivity contribution is -0.0514. The number of fused-ring (bicyclic) bond motifs is 1. The fraction of sp³-hybridized carbons (Fsp3) is 0.613. The Morgan fingerprint density at radius 2 is 1.81 bits per heavy atom. The Morgan fingerprint density at radius 3 is 2.40 bits per heavy atom. The number of hydrogen-bond donors (Lipinski definition) is 1. The van der Waals surface area contributed by atoms with Crippen molar-refractivity contribution in [1.82, 2.24) is 29.4 Å². The van der Waals surface area contributed by atoms with Crippen LogP contribution in [0.3, 0.4) is 0 Å². The Kier molecular flexibility index (Phi) is 10.3. The van der Waals surface area contributed by atoms with Gasteiger partial charge >= 0.3 is 11.8 Å². The highest BCUT2D eigenvalue weighted by Gasteiger charge is 2.41. The van der Waals surface area contributed by atoms with Crippen LogP contribution in [0.4, 0.5) is 23.8 Å². The molecule has 16 heteroatoms. The van der Waals surface area contributed by atoms with E-state index < -0.39 is 62.1 Å². The van der Waals surface area contributed by atoms with Gasteiger partial charge in [-0.15, -0.1) is 0 Å². The van der Waals surface area contributed by atoms with Crippen molar-refractivity contribution in [3.63, 3.8) is 0 Å². The second-order valence-corrected chi connectivity index (χ2v) is 19.3. The Balaban J connectivity index is 1.84. The van der Waals surface area contributed by atoms with Gasteiger partial charge in [-0.25, -0.2) is 42.3 Å². The van der Waals surface area contributed by atoms with Gasteiger partial charge in [-0.1, -0.05) is 46.2 Å². The minimum absolute atomic E-state index is 0.0575. The molecule has 47 heavy (non-hydrogen) atoms. The highest BCUT2D eigenvalue weighted by Crippen LogP contribution is 2.38. The first-order chi connectivity index (χ1) is 21.6.